The molecule has 23 heavy (non-hydrogen) atoms. The van der Waals surface area contributed by atoms with Gasteiger partial charge in [-0.1, -0.05) is 60.7 Å². The number of hydrogen-bond acceptors (Lipinski definition) is 2. The number of amides is 1. The van der Waals surface area contributed by atoms with Crippen LogP contribution in [-0.2, 0) is 11.2 Å². The molecule has 0 aliphatic rings. The highest BCUT2D eigenvalue weighted by Gasteiger charge is 2.06. The van der Waals surface area contributed by atoms with E-state index in [-0.39, 0.29) is 18.1 Å². The minimum absolute atomic E-state index is 0.218. The van der Waals surface area contributed by atoms with Crippen LogP contribution in [0, 0.1) is 5.82 Å². The van der Waals surface area contributed by atoms with Crippen LogP contribution < -0.4 is 5.43 Å². The zero-order chi connectivity index (χ0) is 16.1. The Morgan fingerprint density at radius 2 is 1.74 bits per heavy atom. The van der Waals surface area contributed by atoms with Gasteiger partial charge in [-0.3, -0.25) is 4.79 Å². The Morgan fingerprint density at radius 1 is 1.00 bits per heavy atom. The highest BCUT2D eigenvalue weighted by atomic mass is 19.1. The quantitative estimate of drug-likeness (QED) is 0.580. The Hall–Kier alpha value is -3.01. The Bertz CT molecular complexity index is 869. The minimum atomic E-state index is -0.375. The second-order valence-corrected chi connectivity index (χ2v) is 5.13. The molecular formula is C19H15FN2O. The molecule has 3 nitrogen and oxygen atoms in total. The van der Waals surface area contributed by atoms with Crippen molar-refractivity contribution in [1.29, 1.82) is 0 Å². The van der Waals surface area contributed by atoms with Crippen LogP contribution in [0.3, 0.4) is 0 Å². The molecular weight excluding hydrogens is 291 g/mol. The zero-order valence-electron chi connectivity index (χ0n) is 12.4. The van der Waals surface area contributed by atoms with Crippen molar-refractivity contribution in [2.24, 2.45) is 5.10 Å². The highest BCUT2D eigenvalue weighted by molar-refractivity contribution is 5.90. The largest absolute Gasteiger partial charge is 0.273 e. The average molecular weight is 306 g/mol. The summed E-state index contributed by atoms with van der Waals surface area (Å²) in [5, 5.41) is 5.95. The van der Waals surface area contributed by atoms with Gasteiger partial charge in [-0.25, -0.2) is 9.82 Å². The number of benzene rings is 3. The lowest BCUT2D eigenvalue weighted by atomic mass is 10.0. The van der Waals surface area contributed by atoms with Crippen LogP contribution in [-0.4, -0.2) is 12.1 Å². The van der Waals surface area contributed by atoms with Gasteiger partial charge in [0.05, 0.1) is 12.6 Å². The number of halogens is 1. The third kappa shape index (κ3) is 3.61. The van der Waals surface area contributed by atoms with Crippen LogP contribution >= 0.6 is 0 Å². The summed E-state index contributed by atoms with van der Waals surface area (Å²) in [5.41, 5.74) is 3.70. The first kappa shape index (κ1) is 14.9. The van der Waals surface area contributed by atoms with Crippen LogP contribution in [0.4, 0.5) is 4.39 Å². The van der Waals surface area contributed by atoms with Gasteiger partial charge in [0.1, 0.15) is 5.82 Å². The van der Waals surface area contributed by atoms with E-state index in [9.17, 15) is 9.18 Å². The first-order valence-corrected chi connectivity index (χ1v) is 7.27. The van der Waals surface area contributed by atoms with Crippen LogP contribution in [0.15, 0.2) is 71.8 Å². The van der Waals surface area contributed by atoms with Gasteiger partial charge in [-0.05, 0) is 22.4 Å². The summed E-state index contributed by atoms with van der Waals surface area (Å²) in [6.07, 6.45) is 1.52. The fourth-order valence-electron chi connectivity index (χ4n) is 2.41. The smallest absolute Gasteiger partial charge is 0.244 e. The number of carbonyl (C=O) groups excluding carboxylic acids is 1. The van der Waals surface area contributed by atoms with Gasteiger partial charge in [-0.2, -0.15) is 5.10 Å². The van der Waals surface area contributed by atoms with E-state index >= 15 is 0 Å². The molecule has 0 saturated carbocycles. The second-order valence-electron chi connectivity index (χ2n) is 5.13. The number of rotatable bonds is 4. The topological polar surface area (TPSA) is 41.5 Å². The third-order valence-electron chi connectivity index (χ3n) is 3.53. The Balaban J connectivity index is 1.69. The number of hydrogen-bond donors (Lipinski definition) is 1. The third-order valence-corrected chi connectivity index (χ3v) is 3.53. The molecule has 0 aliphatic heterocycles. The fraction of sp³-hybridized carbons (Fsp3) is 0.0526. The van der Waals surface area contributed by atoms with E-state index in [0.717, 1.165) is 16.3 Å². The van der Waals surface area contributed by atoms with Crippen molar-refractivity contribution in [3.05, 3.63) is 83.7 Å². The van der Waals surface area contributed by atoms with Crippen molar-refractivity contribution in [3.63, 3.8) is 0 Å². The van der Waals surface area contributed by atoms with E-state index in [2.05, 4.69) is 10.5 Å². The number of hydrazone groups is 1. The van der Waals surface area contributed by atoms with Gasteiger partial charge >= 0.3 is 0 Å². The molecule has 0 saturated heterocycles. The molecule has 114 valence electrons. The summed E-state index contributed by atoms with van der Waals surface area (Å²) < 4.78 is 13.4. The fourth-order valence-corrected chi connectivity index (χ4v) is 2.41. The standard InChI is InChI=1S/C19H15FN2O/c20-18-11-4-2-7-16(18)13-21-22-19(23)12-15-9-5-8-14-6-1-3-10-17(14)15/h1-11,13H,12H2,(H,22,23)/b21-13+. The molecule has 3 aromatic rings. The number of nitrogens with one attached hydrogen (secondary N) is 1. The summed E-state index contributed by atoms with van der Waals surface area (Å²) in [5.74, 6) is -0.617. The molecule has 0 unspecified atom stereocenters. The number of nitrogens with zero attached hydrogens (tertiary/aromatic N) is 1. The van der Waals surface area contributed by atoms with E-state index in [4.69, 9.17) is 0 Å². The molecule has 0 radical (unpaired) electrons. The first-order valence-electron chi connectivity index (χ1n) is 7.27. The molecule has 0 fully saturated rings. The summed E-state index contributed by atoms with van der Waals surface area (Å²) >= 11 is 0. The molecule has 0 heterocycles. The molecule has 3 aromatic carbocycles. The zero-order valence-corrected chi connectivity index (χ0v) is 12.4. The lowest BCUT2D eigenvalue weighted by Crippen LogP contribution is -2.20. The van der Waals surface area contributed by atoms with Crippen LogP contribution in [0.25, 0.3) is 10.8 Å². The lowest BCUT2D eigenvalue weighted by Gasteiger charge is -2.05. The van der Waals surface area contributed by atoms with Crippen molar-refractivity contribution in [2.45, 2.75) is 6.42 Å². The van der Waals surface area contributed by atoms with Crippen LogP contribution in [0.5, 0.6) is 0 Å². The van der Waals surface area contributed by atoms with Gasteiger partial charge < -0.3 is 0 Å². The maximum absolute atomic E-state index is 13.4. The normalized spacial score (nSPS) is 11.0. The second kappa shape index (κ2) is 6.83. The van der Waals surface area contributed by atoms with E-state index < -0.39 is 0 Å². The molecule has 3 rings (SSSR count). The predicted octanol–water partition coefficient (Wildman–Crippen LogP) is 3.67. The highest BCUT2D eigenvalue weighted by Crippen LogP contribution is 2.18. The molecule has 0 spiro atoms. The van der Waals surface area contributed by atoms with Gasteiger partial charge in [0, 0.05) is 5.56 Å². The average Bonchev–Trinajstić information content (AvgIpc) is 2.57. The summed E-state index contributed by atoms with van der Waals surface area (Å²) in [7, 11) is 0. The van der Waals surface area contributed by atoms with Gasteiger partial charge in [0.15, 0.2) is 0 Å². The molecule has 4 heteroatoms. The van der Waals surface area contributed by atoms with Gasteiger partial charge in [0.2, 0.25) is 5.91 Å². The van der Waals surface area contributed by atoms with E-state index in [0.29, 0.717) is 5.56 Å². The molecule has 0 atom stereocenters. The van der Waals surface area contributed by atoms with Crippen molar-refractivity contribution in [2.75, 3.05) is 0 Å². The van der Waals surface area contributed by atoms with E-state index in [1.165, 1.54) is 12.3 Å². The maximum Gasteiger partial charge on any atom is 0.244 e. The number of carbonyl (C=O) groups is 1. The van der Waals surface area contributed by atoms with Crippen molar-refractivity contribution < 1.29 is 9.18 Å². The summed E-state index contributed by atoms with van der Waals surface area (Å²) in [4.78, 5) is 12.0. The van der Waals surface area contributed by atoms with E-state index in [1.807, 2.05) is 42.5 Å². The predicted molar refractivity (Wildman–Crippen MR) is 89.8 cm³/mol. The molecule has 0 aliphatic carbocycles. The van der Waals surface area contributed by atoms with E-state index in [1.54, 1.807) is 18.2 Å². The van der Waals surface area contributed by atoms with Crippen molar-refractivity contribution in [1.82, 2.24) is 5.43 Å². The van der Waals surface area contributed by atoms with Gasteiger partial charge in [-0.15, -0.1) is 0 Å². The Kier molecular flexibility index (Phi) is 4.43. The van der Waals surface area contributed by atoms with Crippen LogP contribution in [0.2, 0.25) is 0 Å². The minimum Gasteiger partial charge on any atom is -0.273 e. The SMILES string of the molecule is O=C(Cc1cccc2ccccc12)N/N=C/c1ccccc1F. The summed E-state index contributed by atoms with van der Waals surface area (Å²) in [6.45, 7) is 0. The number of fused-ring (bicyclic) bond motifs is 1. The van der Waals surface area contributed by atoms with Crippen molar-refractivity contribution >= 4 is 22.9 Å². The molecule has 0 aromatic heterocycles. The van der Waals surface area contributed by atoms with Crippen molar-refractivity contribution in [3.8, 4) is 0 Å². The maximum atomic E-state index is 13.4. The van der Waals surface area contributed by atoms with Crippen LogP contribution in [0.1, 0.15) is 11.1 Å². The van der Waals surface area contributed by atoms with Gasteiger partial charge in [0.25, 0.3) is 0 Å². The molecule has 1 amide bonds. The lowest BCUT2D eigenvalue weighted by molar-refractivity contribution is -0.120. The Morgan fingerprint density at radius 3 is 2.61 bits per heavy atom. The molecule has 1 N–H and O–H groups in total. The Labute approximate surface area is 133 Å². The molecule has 0 bridgehead atoms. The summed E-state index contributed by atoms with van der Waals surface area (Å²) in [6, 6.07) is 20.0. The monoisotopic (exact) mass is 306 g/mol. The first-order chi connectivity index (χ1) is 11.2.